The number of hydrogen-bond donors (Lipinski definition) is 3. The lowest BCUT2D eigenvalue weighted by atomic mass is 10.1. The Hall–Kier alpha value is -3.60. The van der Waals surface area contributed by atoms with Gasteiger partial charge in [-0.15, -0.1) is 0 Å². The summed E-state index contributed by atoms with van der Waals surface area (Å²) in [5, 5.41) is 3.03. The van der Waals surface area contributed by atoms with Gasteiger partial charge in [0.2, 0.25) is 5.79 Å². The highest BCUT2D eigenvalue weighted by molar-refractivity contribution is 5.98. The van der Waals surface area contributed by atoms with Crippen LogP contribution in [0.15, 0.2) is 47.5 Å². The van der Waals surface area contributed by atoms with Gasteiger partial charge in [0.05, 0.1) is 11.0 Å². The van der Waals surface area contributed by atoms with E-state index in [0.717, 1.165) is 12.1 Å². The van der Waals surface area contributed by atoms with Gasteiger partial charge in [-0.1, -0.05) is 6.92 Å². The molecule has 1 aliphatic heterocycles. The number of imidazole rings is 1. The molecule has 3 aromatic rings. The number of rotatable bonds is 5. The van der Waals surface area contributed by atoms with Crippen LogP contribution in [0.1, 0.15) is 18.3 Å². The first-order valence-corrected chi connectivity index (χ1v) is 9.26. The zero-order chi connectivity index (χ0) is 22.3. The summed E-state index contributed by atoms with van der Waals surface area (Å²) in [6.07, 6.45) is 1.94. The third-order valence-corrected chi connectivity index (χ3v) is 4.75. The third kappa shape index (κ3) is 3.79. The van der Waals surface area contributed by atoms with Gasteiger partial charge in [0.15, 0.2) is 11.6 Å². The van der Waals surface area contributed by atoms with Crippen LogP contribution in [0.2, 0.25) is 0 Å². The predicted octanol–water partition coefficient (Wildman–Crippen LogP) is 3.01. The third-order valence-electron chi connectivity index (χ3n) is 4.75. The second-order valence-corrected chi connectivity index (χ2v) is 6.83. The Morgan fingerprint density at radius 3 is 2.48 bits per heavy atom. The monoisotopic (exact) mass is 434 g/mol. The van der Waals surface area contributed by atoms with Crippen molar-refractivity contribution in [1.29, 1.82) is 0 Å². The first-order valence-electron chi connectivity index (χ1n) is 9.26. The highest BCUT2D eigenvalue weighted by Crippen LogP contribution is 2.29. The molecule has 1 aromatic heterocycles. The number of aromatic nitrogens is 2. The Morgan fingerprint density at radius 1 is 1.16 bits per heavy atom. The molecular formula is C20H18F4N6O. The van der Waals surface area contributed by atoms with Crippen molar-refractivity contribution in [3.8, 4) is 5.75 Å². The van der Waals surface area contributed by atoms with Crippen LogP contribution >= 0.6 is 0 Å². The molecule has 4 rings (SSSR count). The smallest absolute Gasteiger partial charge is 0.387 e. The highest BCUT2D eigenvalue weighted by Gasteiger charge is 2.32. The molecule has 11 heteroatoms. The van der Waals surface area contributed by atoms with Gasteiger partial charge >= 0.3 is 6.61 Å². The fourth-order valence-corrected chi connectivity index (χ4v) is 3.41. The first-order chi connectivity index (χ1) is 14.7. The van der Waals surface area contributed by atoms with Crippen molar-refractivity contribution in [2.75, 3.05) is 0 Å². The summed E-state index contributed by atoms with van der Waals surface area (Å²) in [6, 6.07) is 7.63. The summed E-state index contributed by atoms with van der Waals surface area (Å²) in [6.45, 7) is -1.12. The van der Waals surface area contributed by atoms with E-state index in [0.29, 0.717) is 29.1 Å². The minimum Gasteiger partial charge on any atom is -0.435 e. The molecule has 0 fully saturated rings. The standard InChI is InChI=1S/C20H18F4N6O/c1-2-17-27-14-7-12(21)13(22)8-15(14)30(17)18-9-16(25)28-20(26,29-18)10-3-5-11(6-4-10)31-19(23)24/h3-9,19,29H,2,26H2,1H3,(H2,25,28). The molecule has 0 aliphatic carbocycles. The number of alkyl halides is 2. The van der Waals surface area contributed by atoms with E-state index in [9.17, 15) is 17.6 Å². The number of nitrogens with zero attached hydrogens (tertiary/aromatic N) is 3. The number of halogens is 4. The minimum atomic E-state index is -2.96. The van der Waals surface area contributed by atoms with Crippen LogP contribution in [0.25, 0.3) is 16.9 Å². The number of fused-ring (bicyclic) bond motifs is 1. The Bertz CT molecular complexity index is 1200. The van der Waals surface area contributed by atoms with Crippen LogP contribution in [-0.4, -0.2) is 22.0 Å². The zero-order valence-corrected chi connectivity index (χ0v) is 16.2. The largest absolute Gasteiger partial charge is 0.435 e. The van der Waals surface area contributed by atoms with Crippen molar-refractivity contribution in [2.24, 2.45) is 16.5 Å². The van der Waals surface area contributed by atoms with Crippen molar-refractivity contribution >= 4 is 22.7 Å². The molecule has 0 saturated carbocycles. The number of amidine groups is 1. The lowest BCUT2D eigenvalue weighted by Crippen LogP contribution is -2.52. The average molecular weight is 434 g/mol. The molecule has 5 N–H and O–H groups in total. The van der Waals surface area contributed by atoms with E-state index < -0.39 is 24.0 Å². The van der Waals surface area contributed by atoms with E-state index in [1.807, 2.05) is 6.92 Å². The molecule has 1 unspecified atom stereocenters. The van der Waals surface area contributed by atoms with E-state index in [1.165, 1.54) is 30.3 Å². The van der Waals surface area contributed by atoms with E-state index >= 15 is 0 Å². The quantitative estimate of drug-likeness (QED) is 0.536. The van der Waals surface area contributed by atoms with Crippen LogP contribution < -0.4 is 21.5 Å². The molecule has 162 valence electrons. The summed E-state index contributed by atoms with van der Waals surface area (Å²) in [4.78, 5) is 8.59. The Kier molecular flexibility index (Phi) is 5.05. The summed E-state index contributed by atoms with van der Waals surface area (Å²) in [5.41, 5.74) is 13.4. The van der Waals surface area contributed by atoms with Gasteiger partial charge in [0.25, 0.3) is 0 Å². The van der Waals surface area contributed by atoms with Crippen LogP contribution in [0.3, 0.4) is 0 Å². The van der Waals surface area contributed by atoms with Crippen molar-refractivity contribution in [3.63, 3.8) is 0 Å². The molecule has 0 amide bonds. The maximum absolute atomic E-state index is 13.9. The van der Waals surface area contributed by atoms with Gasteiger partial charge in [-0.25, -0.2) is 18.8 Å². The molecule has 2 heterocycles. The molecule has 0 spiro atoms. The van der Waals surface area contributed by atoms with E-state index in [4.69, 9.17) is 11.5 Å². The summed E-state index contributed by atoms with van der Waals surface area (Å²) >= 11 is 0. The molecule has 0 bridgehead atoms. The number of benzene rings is 2. The fourth-order valence-electron chi connectivity index (χ4n) is 3.41. The SMILES string of the molecule is CCc1nc2cc(F)c(F)cc2n1C1=CC(N)=NC(N)(c2ccc(OC(F)F)cc2)N1. The first kappa shape index (κ1) is 20.7. The zero-order valence-electron chi connectivity index (χ0n) is 16.2. The van der Waals surface area contributed by atoms with Crippen molar-refractivity contribution in [3.05, 3.63) is 65.5 Å². The topological polar surface area (TPSA) is 103 Å². The molecule has 7 nitrogen and oxygen atoms in total. The second-order valence-electron chi connectivity index (χ2n) is 6.83. The van der Waals surface area contributed by atoms with Crippen LogP contribution in [0, 0.1) is 11.6 Å². The summed E-state index contributed by atoms with van der Waals surface area (Å²) < 4.78 is 58.3. The van der Waals surface area contributed by atoms with E-state index in [-0.39, 0.29) is 17.1 Å². The number of ether oxygens (including phenoxy) is 1. The molecule has 0 radical (unpaired) electrons. The summed E-state index contributed by atoms with van der Waals surface area (Å²) in [5.74, 6) is -2.72. The number of nitrogens with one attached hydrogen (secondary N) is 1. The van der Waals surface area contributed by atoms with Gasteiger partial charge in [0.1, 0.15) is 23.2 Å². The minimum absolute atomic E-state index is 0.0442. The molecule has 1 atom stereocenters. The van der Waals surface area contributed by atoms with Crippen molar-refractivity contribution in [2.45, 2.75) is 25.7 Å². The number of aliphatic imine (C=N–C) groups is 1. The molecule has 31 heavy (non-hydrogen) atoms. The Morgan fingerprint density at radius 2 is 1.84 bits per heavy atom. The van der Waals surface area contributed by atoms with Gasteiger partial charge in [-0.2, -0.15) is 8.78 Å². The van der Waals surface area contributed by atoms with Gasteiger partial charge < -0.3 is 15.8 Å². The van der Waals surface area contributed by atoms with E-state index in [1.54, 1.807) is 4.57 Å². The summed E-state index contributed by atoms with van der Waals surface area (Å²) in [7, 11) is 0. The lowest BCUT2D eigenvalue weighted by molar-refractivity contribution is -0.0498. The molecule has 1 aliphatic rings. The maximum Gasteiger partial charge on any atom is 0.387 e. The van der Waals surface area contributed by atoms with Gasteiger partial charge in [0, 0.05) is 30.2 Å². The van der Waals surface area contributed by atoms with E-state index in [2.05, 4.69) is 20.0 Å². The van der Waals surface area contributed by atoms with Gasteiger partial charge in [-0.3, -0.25) is 10.3 Å². The number of nitrogens with two attached hydrogens (primary N) is 2. The molecular weight excluding hydrogens is 416 g/mol. The lowest BCUT2D eigenvalue weighted by Gasteiger charge is -2.33. The predicted molar refractivity (Wildman–Crippen MR) is 107 cm³/mol. The van der Waals surface area contributed by atoms with Crippen molar-refractivity contribution in [1.82, 2.24) is 14.9 Å². The van der Waals surface area contributed by atoms with Crippen LogP contribution in [-0.2, 0) is 12.2 Å². The average Bonchev–Trinajstić information content (AvgIpc) is 3.05. The fraction of sp³-hybridized carbons (Fsp3) is 0.200. The maximum atomic E-state index is 13.9. The number of aryl methyl sites for hydroxylation is 1. The second kappa shape index (κ2) is 7.58. The van der Waals surface area contributed by atoms with Crippen LogP contribution in [0.4, 0.5) is 17.6 Å². The normalized spacial score (nSPS) is 18.7. The van der Waals surface area contributed by atoms with Gasteiger partial charge in [-0.05, 0) is 24.3 Å². The Balaban J connectivity index is 1.77. The number of hydrogen-bond acceptors (Lipinski definition) is 6. The molecule has 2 aromatic carbocycles. The van der Waals surface area contributed by atoms with Crippen LogP contribution in [0.5, 0.6) is 5.75 Å². The van der Waals surface area contributed by atoms with Crippen molar-refractivity contribution < 1.29 is 22.3 Å². The Labute approximate surface area is 174 Å². The molecule has 0 saturated heterocycles. The highest BCUT2D eigenvalue weighted by atomic mass is 19.3.